The van der Waals surface area contributed by atoms with Crippen LogP contribution in [0.2, 0.25) is 0 Å². The predicted molar refractivity (Wildman–Crippen MR) is 135 cm³/mol. The molecule has 0 aliphatic rings. The van der Waals surface area contributed by atoms with Gasteiger partial charge in [-0.1, -0.05) is 62.4 Å². The van der Waals surface area contributed by atoms with Gasteiger partial charge in [0.1, 0.15) is 0 Å². The lowest BCUT2D eigenvalue weighted by molar-refractivity contribution is 0.0722. The van der Waals surface area contributed by atoms with E-state index >= 15 is 0 Å². The third kappa shape index (κ3) is 6.60. The van der Waals surface area contributed by atoms with Crippen LogP contribution in [-0.2, 0) is 16.7 Å². The fourth-order valence-corrected chi connectivity index (χ4v) is 4.10. The number of rotatable bonds is 10. The Morgan fingerprint density at radius 1 is 0.912 bits per heavy atom. The third-order valence-corrected chi connectivity index (χ3v) is 6.42. The number of benzene rings is 3. The van der Waals surface area contributed by atoms with Crippen molar-refractivity contribution in [1.82, 2.24) is 4.90 Å². The zero-order valence-electron chi connectivity index (χ0n) is 20.0. The summed E-state index contributed by atoms with van der Waals surface area (Å²) in [6, 6.07) is 22.7. The number of methoxy groups -OCH3 is 1. The lowest BCUT2D eigenvalue weighted by atomic mass is 10.0. The standard InChI is InChI=1S/C27H31NO5S/c1-5-34(30,31)33-26-17-21(11-16-25(26)32-4)19-28(18-20(2)3)27(29)24-14-12-23(13-15-24)22-9-7-6-8-10-22/h6-17,20H,5,18-19H2,1-4H3. The van der Waals surface area contributed by atoms with Crippen LogP contribution in [0.1, 0.15) is 36.7 Å². The molecule has 0 N–H and O–H groups in total. The van der Waals surface area contributed by atoms with Crippen molar-refractivity contribution in [2.45, 2.75) is 27.3 Å². The minimum absolute atomic E-state index is 0.0900. The molecule has 7 heteroatoms. The smallest absolute Gasteiger partial charge is 0.309 e. The SMILES string of the molecule is CCS(=O)(=O)Oc1cc(CN(CC(C)C)C(=O)c2ccc(-c3ccccc3)cc2)ccc1OC. The molecule has 1 amide bonds. The largest absolute Gasteiger partial charge is 0.493 e. The zero-order valence-corrected chi connectivity index (χ0v) is 20.8. The number of carbonyl (C=O) groups excluding carboxylic acids is 1. The number of hydrogen-bond donors (Lipinski definition) is 0. The summed E-state index contributed by atoms with van der Waals surface area (Å²) in [6.45, 7) is 6.47. The van der Waals surface area contributed by atoms with Crippen LogP contribution in [0.5, 0.6) is 11.5 Å². The molecule has 0 radical (unpaired) electrons. The van der Waals surface area contributed by atoms with Crippen molar-refractivity contribution < 1.29 is 22.1 Å². The van der Waals surface area contributed by atoms with Gasteiger partial charge in [0.2, 0.25) is 0 Å². The minimum atomic E-state index is -3.72. The van der Waals surface area contributed by atoms with Crippen LogP contribution >= 0.6 is 0 Å². The molecule has 3 aromatic rings. The van der Waals surface area contributed by atoms with Crippen LogP contribution in [0.3, 0.4) is 0 Å². The van der Waals surface area contributed by atoms with Crippen molar-refractivity contribution in [2.75, 3.05) is 19.4 Å². The first-order chi connectivity index (χ1) is 16.2. The second kappa shape index (κ2) is 11.2. The molecule has 6 nitrogen and oxygen atoms in total. The molecule has 0 fully saturated rings. The van der Waals surface area contributed by atoms with Crippen molar-refractivity contribution in [2.24, 2.45) is 5.92 Å². The first-order valence-electron chi connectivity index (χ1n) is 11.3. The topological polar surface area (TPSA) is 72.9 Å². The van der Waals surface area contributed by atoms with E-state index in [9.17, 15) is 13.2 Å². The zero-order chi connectivity index (χ0) is 24.7. The first-order valence-corrected chi connectivity index (χ1v) is 12.8. The van der Waals surface area contributed by atoms with E-state index < -0.39 is 10.1 Å². The van der Waals surface area contributed by atoms with Gasteiger partial charge in [0.25, 0.3) is 5.91 Å². The van der Waals surface area contributed by atoms with Gasteiger partial charge >= 0.3 is 10.1 Å². The van der Waals surface area contributed by atoms with Gasteiger partial charge in [-0.25, -0.2) is 0 Å². The van der Waals surface area contributed by atoms with E-state index in [2.05, 4.69) is 13.8 Å². The lowest BCUT2D eigenvalue weighted by Crippen LogP contribution is -2.33. The highest BCUT2D eigenvalue weighted by molar-refractivity contribution is 7.87. The Labute approximate surface area is 202 Å². The van der Waals surface area contributed by atoms with Gasteiger partial charge in [-0.3, -0.25) is 4.79 Å². The Kier molecular flexibility index (Phi) is 8.34. The maximum atomic E-state index is 13.4. The Balaban J connectivity index is 1.85. The van der Waals surface area contributed by atoms with Crippen LogP contribution in [0.15, 0.2) is 72.8 Å². The van der Waals surface area contributed by atoms with E-state index in [0.29, 0.717) is 24.4 Å². The third-order valence-electron chi connectivity index (χ3n) is 5.28. The van der Waals surface area contributed by atoms with Gasteiger partial charge in [-0.15, -0.1) is 0 Å². The van der Waals surface area contributed by atoms with E-state index in [-0.39, 0.29) is 23.3 Å². The van der Waals surface area contributed by atoms with Gasteiger partial charge in [0.15, 0.2) is 11.5 Å². The summed E-state index contributed by atoms with van der Waals surface area (Å²) < 4.78 is 34.5. The number of hydrogen-bond acceptors (Lipinski definition) is 5. The normalized spacial score (nSPS) is 11.3. The van der Waals surface area contributed by atoms with Gasteiger partial charge in [-0.05, 0) is 53.8 Å². The molecule has 0 aliphatic heterocycles. The van der Waals surface area contributed by atoms with Gasteiger partial charge in [0.05, 0.1) is 12.9 Å². The van der Waals surface area contributed by atoms with Gasteiger partial charge < -0.3 is 13.8 Å². The summed E-state index contributed by atoms with van der Waals surface area (Å²) in [7, 11) is -2.26. The molecule has 3 rings (SSSR count). The van der Waals surface area contributed by atoms with E-state index in [0.717, 1.165) is 16.7 Å². The van der Waals surface area contributed by atoms with Crippen molar-refractivity contribution in [3.8, 4) is 22.6 Å². The number of ether oxygens (including phenoxy) is 1. The minimum Gasteiger partial charge on any atom is -0.493 e. The molecule has 0 saturated carbocycles. The average Bonchev–Trinajstić information content (AvgIpc) is 2.83. The van der Waals surface area contributed by atoms with Crippen LogP contribution < -0.4 is 8.92 Å². The molecule has 0 aromatic heterocycles. The predicted octanol–water partition coefficient (Wildman–Crippen LogP) is 5.39. The fraction of sp³-hybridized carbons (Fsp3) is 0.296. The summed E-state index contributed by atoms with van der Waals surface area (Å²) in [4.78, 5) is 15.2. The fourth-order valence-electron chi connectivity index (χ4n) is 3.58. The monoisotopic (exact) mass is 481 g/mol. The highest BCUT2D eigenvalue weighted by atomic mass is 32.2. The van der Waals surface area contributed by atoms with E-state index in [1.165, 1.54) is 14.0 Å². The summed E-state index contributed by atoms with van der Waals surface area (Å²) in [6.07, 6.45) is 0. The summed E-state index contributed by atoms with van der Waals surface area (Å²) >= 11 is 0. The Hall–Kier alpha value is -3.32. The molecule has 0 heterocycles. The molecule has 0 aliphatic carbocycles. The second-order valence-electron chi connectivity index (χ2n) is 8.44. The summed E-state index contributed by atoms with van der Waals surface area (Å²) in [5, 5.41) is 0. The highest BCUT2D eigenvalue weighted by Crippen LogP contribution is 2.30. The molecule has 0 spiro atoms. The maximum absolute atomic E-state index is 13.4. The number of nitrogens with zero attached hydrogens (tertiary/aromatic N) is 1. The molecule has 0 saturated heterocycles. The van der Waals surface area contributed by atoms with E-state index in [4.69, 9.17) is 8.92 Å². The molecule has 3 aromatic carbocycles. The number of carbonyl (C=O) groups is 1. The van der Waals surface area contributed by atoms with E-state index in [1.807, 2.05) is 60.7 Å². The Morgan fingerprint density at radius 3 is 2.15 bits per heavy atom. The van der Waals surface area contributed by atoms with Crippen molar-refractivity contribution in [3.05, 3.63) is 83.9 Å². The van der Waals surface area contributed by atoms with Crippen molar-refractivity contribution in [1.29, 1.82) is 0 Å². The van der Waals surface area contributed by atoms with Crippen LogP contribution in [0.4, 0.5) is 0 Å². The molecule has 0 bridgehead atoms. The first kappa shape index (κ1) is 25.3. The molecule has 0 unspecified atom stereocenters. The summed E-state index contributed by atoms with van der Waals surface area (Å²) in [5.74, 6) is 0.442. The average molecular weight is 482 g/mol. The molecule has 180 valence electrons. The second-order valence-corrected chi connectivity index (χ2v) is 10.3. The van der Waals surface area contributed by atoms with Crippen LogP contribution in [-0.4, -0.2) is 38.6 Å². The Bertz CT molecular complexity index is 1210. The quantitative estimate of drug-likeness (QED) is 0.363. The molecule has 34 heavy (non-hydrogen) atoms. The van der Waals surface area contributed by atoms with Crippen LogP contribution in [0.25, 0.3) is 11.1 Å². The van der Waals surface area contributed by atoms with Gasteiger partial charge in [-0.2, -0.15) is 8.42 Å². The molecular formula is C27H31NO5S. The highest BCUT2D eigenvalue weighted by Gasteiger charge is 2.20. The summed E-state index contributed by atoms with van der Waals surface area (Å²) in [5.41, 5.74) is 3.48. The van der Waals surface area contributed by atoms with E-state index in [1.54, 1.807) is 17.0 Å². The van der Waals surface area contributed by atoms with Gasteiger partial charge in [0, 0.05) is 18.7 Å². The molecule has 0 atom stereocenters. The Morgan fingerprint density at radius 2 is 1.56 bits per heavy atom. The number of amides is 1. The lowest BCUT2D eigenvalue weighted by Gasteiger charge is -2.25. The van der Waals surface area contributed by atoms with Crippen LogP contribution in [0, 0.1) is 5.92 Å². The maximum Gasteiger partial charge on any atom is 0.309 e. The van der Waals surface area contributed by atoms with Crippen molar-refractivity contribution >= 4 is 16.0 Å². The molecular weight excluding hydrogens is 450 g/mol. The van der Waals surface area contributed by atoms with Crippen molar-refractivity contribution in [3.63, 3.8) is 0 Å².